The first-order valence-corrected chi connectivity index (χ1v) is 8.16. The number of rotatable bonds is 1. The summed E-state index contributed by atoms with van der Waals surface area (Å²) in [5.74, 6) is 0.666. The van der Waals surface area contributed by atoms with Crippen LogP contribution in [0.4, 0.5) is 0 Å². The monoisotopic (exact) mass is 265 g/mol. The van der Waals surface area contributed by atoms with E-state index >= 15 is 0 Å². The van der Waals surface area contributed by atoms with Crippen molar-refractivity contribution in [3.63, 3.8) is 0 Å². The topological polar surface area (TPSA) is 29.5 Å². The average Bonchev–Trinajstić information content (AvgIpc) is 2.73. The van der Waals surface area contributed by atoms with Crippen LogP contribution < -0.4 is 0 Å². The molecular weight excluding hydrogens is 238 g/mol. The van der Waals surface area contributed by atoms with Crippen molar-refractivity contribution in [1.82, 2.24) is 4.90 Å². The second kappa shape index (κ2) is 5.82. The van der Waals surface area contributed by atoms with Crippen molar-refractivity contribution in [3.05, 3.63) is 0 Å². The highest BCUT2D eigenvalue weighted by atomic mass is 16.5. The zero-order valence-corrected chi connectivity index (χ0v) is 12.0. The first-order chi connectivity index (χ1) is 9.29. The van der Waals surface area contributed by atoms with Gasteiger partial charge in [0.2, 0.25) is 5.91 Å². The number of hydrogen-bond donors (Lipinski definition) is 0. The number of carbonyl (C=O) groups excluding carboxylic acids is 1. The molecule has 19 heavy (non-hydrogen) atoms. The van der Waals surface area contributed by atoms with Crippen molar-refractivity contribution in [2.45, 2.75) is 57.8 Å². The molecule has 2 aliphatic heterocycles. The molecular formula is C16H27NO2. The number of likely N-dealkylation sites (tertiary alicyclic amines) is 1. The molecule has 3 rings (SSSR count). The van der Waals surface area contributed by atoms with Crippen molar-refractivity contribution in [1.29, 1.82) is 0 Å². The molecule has 3 aliphatic rings. The largest absolute Gasteiger partial charge is 0.381 e. The molecule has 0 bridgehead atoms. The van der Waals surface area contributed by atoms with Crippen LogP contribution in [0, 0.1) is 11.3 Å². The molecule has 2 heterocycles. The van der Waals surface area contributed by atoms with Crippen molar-refractivity contribution < 1.29 is 9.53 Å². The van der Waals surface area contributed by atoms with Gasteiger partial charge in [0.15, 0.2) is 0 Å². The van der Waals surface area contributed by atoms with Gasteiger partial charge in [0.1, 0.15) is 0 Å². The van der Waals surface area contributed by atoms with Gasteiger partial charge in [-0.15, -0.1) is 0 Å². The molecule has 2 saturated heterocycles. The zero-order valence-electron chi connectivity index (χ0n) is 12.0. The Morgan fingerprint density at radius 2 is 1.68 bits per heavy atom. The van der Waals surface area contributed by atoms with Crippen molar-refractivity contribution >= 4 is 5.91 Å². The van der Waals surface area contributed by atoms with E-state index in [4.69, 9.17) is 4.74 Å². The highest BCUT2D eigenvalue weighted by Gasteiger charge is 2.41. The van der Waals surface area contributed by atoms with E-state index in [9.17, 15) is 4.79 Å². The molecule has 0 N–H and O–H groups in total. The Balaban J connectivity index is 1.59. The highest BCUT2D eigenvalue weighted by molar-refractivity contribution is 5.79. The quantitative estimate of drug-likeness (QED) is 0.729. The summed E-state index contributed by atoms with van der Waals surface area (Å²) in [5.41, 5.74) is 0.483. The third kappa shape index (κ3) is 2.96. The van der Waals surface area contributed by atoms with E-state index in [1.54, 1.807) is 0 Å². The van der Waals surface area contributed by atoms with E-state index in [-0.39, 0.29) is 5.92 Å². The van der Waals surface area contributed by atoms with Gasteiger partial charge in [-0.3, -0.25) is 4.79 Å². The number of carbonyl (C=O) groups is 1. The summed E-state index contributed by atoms with van der Waals surface area (Å²) in [5, 5.41) is 0. The number of amides is 1. The lowest BCUT2D eigenvalue weighted by Gasteiger charge is -2.30. The summed E-state index contributed by atoms with van der Waals surface area (Å²) in [7, 11) is 0. The van der Waals surface area contributed by atoms with Crippen LogP contribution >= 0.6 is 0 Å². The molecule has 108 valence electrons. The van der Waals surface area contributed by atoms with Crippen LogP contribution in [0.25, 0.3) is 0 Å². The molecule has 0 aromatic heterocycles. The second-order valence-electron chi connectivity index (χ2n) is 6.81. The van der Waals surface area contributed by atoms with Crippen LogP contribution in [-0.4, -0.2) is 37.1 Å². The van der Waals surface area contributed by atoms with Gasteiger partial charge < -0.3 is 9.64 Å². The van der Waals surface area contributed by atoms with Gasteiger partial charge in [-0.25, -0.2) is 0 Å². The Morgan fingerprint density at radius 1 is 1.00 bits per heavy atom. The van der Waals surface area contributed by atoms with Crippen LogP contribution in [0.15, 0.2) is 0 Å². The van der Waals surface area contributed by atoms with Gasteiger partial charge in [-0.1, -0.05) is 25.7 Å². The van der Waals surface area contributed by atoms with Gasteiger partial charge >= 0.3 is 0 Å². The van der Waals surface area contributed by atoms with Crippen LogP contribution in [0.1, 0.15) is 57.8 Å². The summed E-state index contributed by atoms with van der Waals surface area (Å²) in [6.45, 7) is 3.60. The Labute approximate surface area is 116 Å². The molecule has 1 amide bonds. The summed E-state index contributed by atoms with van der Waals surface area (Å²) >= 11 is 0. The van der Waals surface area contributed by atoms with E-state index in [1.165, 1.54) is 44.9 Å². The summed E-state index contributed by atoms with van der Waals surface area (Å²) in [6, 6.07) is 0. The van der Waals surface area contributed by atoms with E-state index in [2.05, 4.69) is 4.90 Å². The van der Waals surface area contributed by atoms with Gasteiger partial charge in [0, 0.05) is 32.2 Å². The van der Waals surface area contributed by atoms with Gasteiger partial charge in [0.05, 0.1) is 0 Å². The molecule has 3 nitrogen and oxygen atoms in total. The van der Waals surface area contributed by atoms with E-state index < -0.39 is 0 Å². The van der Waals surface area contributed by atoms with Crippen molar-refractivity contribution in [2.24, 2.45) is 11.3 Å². The third-order valence-electron chi connectivity index (χ3n) is 5.48. The minimum absolute atomic E-state index is 0.245. The zero-order chi connectivity index (χ0) is 13.1. The van der Waals surface area contributed by atoms with E-state index in [0.717, 1.165) is 39.1 Å². The summed E-state index contributed by atoms with van der Waals surface area (Å²) < 4.78 is 5.37. The molecule has 1 spiro atoms. The molecule has 0 aromatic rings. The maximum atomic E-state index is 12.6. The maximum absolute atomic E-state index is 12.6. The second-order valence-corrected chi connectivity index (χ2v) is 6.81. The van der Waals surface area contributed by atoms with E-state index in [0.29, 0.717) is 11.3 Å². The fraction of sp³-hybridized carbons (Fsp3) is 0.938. The van der Waals surface area contributed by atoms with Crippen molar-refractivity contribution in [2.75, 3.05) is 26.3 Å². The lowest BCUT2D eigenvalue weighted by molar-refractivity contribution is -0.137. The fourth-order valence-electron chi connectivity index (χ4n) is 4.21. The molecule has 3 fully saturated rings. The lowest BCUT2D eigenvalue weighted by Crippen LogP contribution is -2.38. The Morgan fingerprint density at radius 3 is 2.37 bits per heavy atom. The minimum Gasteiger partial charge on any atom is -0.381 e. The lowest BCUT2D eigenvalue weighted by atomic mass is 9.80. The summed E-state index contributed by atoms with van der Waals surface area (Å²) in [4.78, 5) is 14.8. The third-order valence-corrected chi connectivity index (χ3v) is 5.48. The Kier molecular flexibility index (Phi) is 4.11. The van der Waals surface area contributed by atoms with Crippen LogP contribution in [-0.2, 0) is 9.53 Å². The molecule has 1 saturated carbocycles. The molecule has 3 heteroatoms. The number of ether oxygens (including phenoxy) is 1. The predicted octanol–water partition coefficient (Wildman–Crippen LogP) is 2.99. The molecule has 1 aliphatic carbocycles. The molecule has 0 radical (unpaired) electrons. The first-order valence-electron chi connectivity index (χ1n) is 8.16. The maximum Gasteiger partial charge on any atom is 0.225 e. The van der Waals surface area contributed by atoms with Gasteiger partial charge in [-0.2, -0.15) is 0 Å². The standard InChI is InChI=1S/C16H27NO2/c18-15(14-5-11-19-12-6-14)17-10-9-16(13-17)7-3-1-2-4-8-16/h14H,1-13H2. The Hall–Kier alpha value is -0.570. The minimum atomic E-state index is 0.245. The Bertz CT molecular complexity index is 315. The van der Waals surface area contributed by atoms with Gasteiger partial charge in [0.25, 0.3) is 0 Å². The SMILES string of the molecule is O=C(C1CCOCC1)N1CCC2(CCCCCC2)C1. The number of hydrogen-bond acceptors (Lipinski definition) is 2. The average molecular weight is 265 g/mol. The van der Waals surface area contributed by atoms with E-state index in [1.807, 2.05) is 0 Å². The first kappa shape index (κ1) is 13.4. The van der Waals surface area contributed by atoms with Crippen molar-refractivity contribution in [3.8, 4) is 0 Å². The molecule has 0 aromatic carbocycles. The summed E-state index contributed by atoms with van der Waals surface area (Å²) in [6.07, 6.45) is 11.4. The predicted molar refractivity (Wildman–Crippen MR) is 74.9 cm³/mol. The molecule has 0 atom stereocenters. The normalized spacial score (nSPS) is 28.5. The number of nitrogens with zero attached hydrogens (tertiary/aromatic N) is 1. The molecule has 0 unspecified atom stereocenters. The van der Waals surface area contributed by atoms with Crippen LogP contribution in [0.5, 0.6) is 0 Å². The van der Waals surface area contributed by atoms with Gasteiger partial charge in [-0.05, 0) is 37.5 Å². The van der Waals surface area contributed by atoms with Crippen LogP contribution in [0.3, 0.4) is 0 Å². The van der Waals surface area contributed by atoms with Crippen LogP contribution in [0.2, 0.25) is 0 Å². The highest BCUT2D eigenvalue weighted by Crippen LogP contribution is 2.43. The fourth-order valence-corrected chi connectivity index (χ4v) is 4.21. The smallest absolute Gasteiger partial charge is 0.225 e.